The minimum Gasteiger partial charge on any atom is -0.492 e. The Hall–Kier alpha value is -1.59. The van der Waals surface area contributed by atoms with E-state index in [0.717, 1.165) is 43.2 Å². The summed E-state index contributed by atoms with van der Waals surface area (Å²) in [4.78, 5) is 15.2. The summed E-state index contributed by atoms with van der Waals surface area (Å²) in [6.45, 7) is 12.8. The highest BCUT2D eigenvalue weighted by Crippen LogP contribution is 2.23. The third-order valence-corrected chi connectivity index (χ3v) is 5.48. The molecule has 2 atom stereocenters. The summed E-state index contributed by atoms with van der Waals surface area (Å²) in [6.07, 6.45) is 5.35. The lowest BCUT2D eigenvalue weighted by Crippen LogP contribution is -2.42. The molecule has 1 aromatic carbocycles. The molecular weight excluding hydrogens is 352 g/mol. The van der Waals surface area contributed by atoms with Gasteiger partial charge in [-0.05, 0) is 69.8 Å². The third-order valence-electron chi connectivity index (χ3n) is 5.48. The number of nitrogens with zero attached hydrogens (tertiary/aromatic N) is 1. The first-order chi connectivity index (χ1) is 13.5. The highest BCUT2D eigenvalue weighted by molar-refractivity contribution is 5.97. The van der Waals surface area contributed by atoms with Crippen molar-refractivity contribution < 1.29 is 14.3 Å². The molecule has 1 amide bonds. The lowest BCUT2D eigenvalue weighted by Gasteiger charge is -2.30. The normalized spacial score (nSPS) is 19.8. The van der Waals surface area contributed by atoms with Gasteiger partial charge in [0.2, 0.25) is 0 Å². The molecule has 158 valence electrons. The van der Waals surface area contributed by atoms with Gasteiger partial charge >= 0.3 is 0 Å². The van der Waals surface area contributed by atoms with Gasteiger partial charge in [-0.15, -0.1) is 0 Å². The fourth-order valence-electron chi connectivity index (χ4n) is 3.76. The van der Waals surface area contributed by atoms with Gasteiger partial charge in [0.05, 0.1) is 0 Å². The van der Waals surface area contributed by atoms with Crippen LogP contribution >= 0.6 is 0 Å². The van der Waals surface area contributed by atoms with Crippen molar-refractivity contribution in [2.75, 3.05) is 38.2 Å². The summed E-state index contributed by atoms with van der Waals surface area (Å²) in [5.41, 5.74) is -0.0180. The molecule has 0 saturated carbocycles. The maximum absolute atomic E-state index is 12.7. The van der Waals surface area contributed by atoms with Gasteiger partial charge < -0.3 is 14.8 Å². The van der Waals surface area contributed by atoms with E-state index in [1.54, 1.807) is 0 Å². The van der Waals surface area contributed by atoms with E-state index in [1.165, 1.54) is 25.9 Å². The number of carbonyl (C=O) groups is 1. The average molecular weight is 391 g/mol. The van der Waals surface area contributed by atoms with Crippen LogP contribution in [0.15, 0.2) is 24.3 Å². The number of rotatable bonds is 11. The summed E-state index contributed by atoms with van der Waals surface area (Å²) >= 11 is 0. The number of likely N-dealkylation sites (tertiary alicyclic amines) is 1. The molecule has 1 N–H and O–H groups in total. The largest absolute Gasteiger partial charge is 0.492 e. The van der Waals surface area contributed by atoms with Crippen molar-refractivity contribution in [3.63, 3.8) is 0 Å². The van der Waals surface area contributed by atoms with Gasteiger partial charge in [0.1, 0.15) is 18.0 Å². The van der Waals surface area contributed by atoms with Crippen LogP contribution in [0.5, 0.6) is 5.75 Å². The van der Waals surface area contributed by atoms with Crippen molar-refractivity contribution in [3.05, 3.63) is 24.3 Å². The minimum atomic E-state index is -0.786. The van der Waals surface area contributed by atoms with Gasteiger partial charge in [-0.3, -0.25) is 9.69 Å². The molecule has 5 heteroatoms. The predicted octanol–water partition coefficient (Wildman–Crippen LogP) is 4.72. The first-order valence-corrected chi connectivity index (χ1v) is 10.9. The molecule has 1 aliphatic rings. The zero-order chi connectivity index (χ0) is 20.4. The number of amides is 1. The maximum atomic E-state index is 12.7. The molecule has 5 nitrogen and oxygen atoms in total. The predicted molar refractivity (Wildman–Crippen MR) is 115 cm³/mol. The van der Waals surface area contributed by atoms with Gasteiger partial charge in [0.15, 0.2) is 0 Å². The molecular formula is C23H38N2O3. The maximum Gasteiger partial charge on any atom is 0.256 e. The van der Waals surface area contributed by atoms with Gasteiger partial charge in [-0.1, -0.05) is 26.7 Å². The van der Waals surface area contributed by atoms with E-state index in [1.807, 2.05) is 38.1 Å². The SMILES string of the molecule is CCCC[C@](C)(OCC)C(=O)Nc1ccc(OCCN2CCC[C@H](C)C2)cc1. The Labute approximate surface area is 170 Å². The molecule has 28 heavy (non-hydrogen) atoms. The fourth-order valence-corrected chi connectivity index (χ4v) is 3.76. The second-order valence-electron chi connectivity index (χ2n) is 8.14. The number of anilines is 1. The lowest BCUT2D eigenvalue weighted by atomic mass is 9.97. The number of piperidine rings is 1. The van der Waals surface area contributed by atoms with Crippen LogP contribution in [0.4, 0.5) is 5.69 Å². The molecule has 1 heterocycles. The molecule has 0 aliphatic carbocycles. The minimum absolute atomic E-state index is 0.0873. The van der Waals surface area contributed by atoms with Crippen molar-refractivity contribution in [1.82, 2.24) is 4.90 Å². The highest BCUT2D eigenvalue weighted by Gasteiger charge is 2.33. The van der Waals surface area contributed by atoms with Gasteiger partial charge in [0.25, 0.3) is 5.91 Å². The summed E-state index contributed by atoms with van der Waals surface area (Å²) in [5, 5.41) is 2.99. The van der Waals surface area contributed by atoms with Crippen molar-refractivity contribution in [1.29, 1.82) is 0 Å². The van der Waals surface area contributed by atoms with Crippen LogP contribution in [0.25, 0.3) is 0 Å². The van der Waals surface area contributed by atoms with E-state index in [0.29, 0.717) is 13.2 Å². The Morgan fingerprint density at radius 2 is 2.04 bits per heavy atom. The van der Waals surface area contributed by atoms with Gasteiger partial charge in [-0.2, -0.15) is 0 Å². The van der Waals surface area contributed by atoms with Crippen LogP contribution < -0.4 is 10.1 Å². The number of benzene rings is 1. The van der Waals surface area contributed by atoms with Crippen LogP contribution in [-0.4, -0.2) is 49.3 Å². The molecule has 1 aromatic rings. The lowest BCUT2D eigenvalue weighted by molar-refractivity contribution is -0.139. The monoisotopic (exact) mass is 390 g/mol. The molecule has 0 aromatic heterocycles. The van der Waals surface area contributed by atoms with Crippen molar-refractivity contribution >= 4 is 11.6 Å². The summed E-state index contributed by atoms with van der Waals surface area (Å²) < 4.78 is 11.6. The van der Waals surface area contributed by atoms with Gasteiger partial charge in [-0.25, -0.2) is 0 Å². The van der Waals surface area contributed by atoms with Crippen LogP contribution in [0, 0.1) is 5.92 Å². The molecule has 0 spiro atoms. The Balaban J connectivity index is 1.81. The molecule has 2 rings (SSSR count). The van der Waals surface area contributed by atoms with Crippen LogP contribution in [0.1, 0.15) is 59.8 Å². The number of unbranched alkanes of at least 4 members (excludes halogenated alkanes) is 1. The van der Waals surface area contributed by atoms with Crippen molar-refractivity contribution in [3.8, 4) is 5.75 Å². The number of carbonyl (C=O) groups excluding carboxylic acids is 1. The van der Waals surface area contributed by atoms with E-state index in [-0.39, 0.29) is 5.91 Å². The molecule has 1 fully saturated rings. The second-order valence-corrected chi connectivity index (χ2v) is 8.14. The van der Waals surface area contributed by atoms with E-state index < -0.39 is 5.60 Å². The number of ether oxygens (including phenoxy) is 2. The number of hydrogen-bond donors (Lipinski definition) is 1. The van der Waals surface area contributed by atoms with E-state index >= 15 is 0 Å². The molecule has 1 saturated heterocycles. The fraction of sp³-hybridized carbons (Fsp3) is 0.696. The van der Waals surface area contributed by atoms with Gasteiger partial charge in [0, 0.05) is 25.4 Å². The molecule has 0 unspecified atom stereocenters. The average Bonchev–Trinajstić information content (AvgIpc) is 2.68. The second kappa shape index (κ2) is 11.4. The van der Waals surface area contributed by atoms with Crippen LogP contribution in [-0.2, 0) is 9.53 Å². The quantitative estimate of drug-likeness (QED) is 0.594. The summed E-state index contributed by atoms with van der Waals surface area (Å²) in [7, 11) is 0. The van der Waals surface area contributed by atoms with Crippen molar-refractivity contribution in [2.24, 2.45) is 5.92 Å². The van der Waals surface area contributed by atoms with E-state index in [9.17, 15) is 4.79 Å². The Kier molecular flexibility index (Phi) is 9.26. The summed E-state index contributed by atoms with van der Waals surface area (Å²) in [5.74, 6) is 1.54. The Bertz CT molecular complexity index is 590. The van der Waals surface area contributed by atoms with Crippen LogP contribution in [0.3, 0.4) is 0 Å². The zero-order valence-corrected chi connectivity index (χ0v) is 18.1. The highest BCUT2D eigenvalue weighted by atomic mass is 16.5. The Morgan fingerprint density at radius 1 is 1.29 bits per heavy atom. The first-order valence-electron chi connectivity index (χ1n) is 10.9. The topological polar surface area (TPSA) is 50.8 Å². The standard InChI is InChI=1S/C23H38N2O3/c1-5-7-14-23(4,28-6-2)22(26)24-20-10-12-21(13-11-20)27-17-16-25-15-8-9-19(3)18-25/h10-13,19H,5-9,14-18H2,1-4H3,(H,24,26)/t19-,23-/m0/s1. The first kappa shape index (κ1) is 22.7. The van der Waals surface area contributed by atoms with E-state index in [2.05, 4.69) is 24.1 Å². The van der Waals surface area contributed by atoms with Crippen LogP contribution in [0.2, 0.25) is 0 Å². The Morgan fingerprint density at radius 3 is 2.68 bits per heavy atom. The molecule has 0 bridgehead atoms. The van der Waals surface area contributed by atoms with E-state index in [4.69, 9.17) is 9.47 Å². The zero-order valence-electron chi connectivity index (χ0n) is 18.1. The van der Waals surface area contributed by atoms with Crippen molar-refractivity contribution in [2.45, 2.75) is 65.4 Å². The number of nitrogens with one attached hydrogen (secondary N) is 1. The third kappa shape index (κ3) is 7.10. The smallest absolute Gasteiger partial charge is 0.256 e. The number of hydrogen-bond acceptors (Lipinski definition) is 4. The molecule has 0 radical (unpaired) electrons. The molecule has 1 aliphatic heterocycles. The summed E-state index contributed by atoms with van der Waals surface area (Å²) in [6, 6.07) is 7.61.